The SMILES string of the molecule is C(=Cc1nc2cc(-c3ccccc3)ccc2o1)c1ccc2c(c1)OCO2. The maximum absolute atomic E-state index is 5.82. The fraction of sp³-hybridized carbons (Fsp3) is 0.0455. The Balaban J connectivity index is 1.44. The fourth-order valence-corrected chi connectivity index (χ4v) is 3.01. The van der Waals surface area contributed by atoms with E-state index in [1.807, 2.05) is 66.7 Å². The van der Waals surface area contributed by atoms with E-state index < -0.39 is 0 Å². The highest BCUT2D eigenvalue weighted by Gasteiger charge is 2.12. The minimum absolute atomic E-state index is 0.275. The van der Waals surface area contributed by atoms with E-state index in [4.69, 9.17) is 13.9 Å². The number of oxazole rings is 1. The molecule has 5 rings (SSSR count). The van der Waals surface area contributed by atoms with Crippen molar-refractivity contribution in [2.24, 2.45) is 0 Å². The van der Waals surface area contributed by atoms with Crippen LogP contribution < -0.4 is 9.47 Å². The molecule has 126 valence electrons. The first-order valence-corrected chi connectivity index (χ1v) is 8.39. The maximum Gasteiger partial charge on any atom is 0.231 e. The molecular weight excluding hydrogens is 326 g/mol. The Morgan fingerprint density at radius 2 is 1.65 bits per heavy atom. The van der Waals surface area contributed by atoms with Crippen molar-refractivity contribution < 1.29 is 13.9 Å². The van der Waals surface area contributed by atoms with Crippen LogP contribution in [0, 0.1) is 0 Å². The van der Waals surface area contributed by atoms with E-state index >= 15 is 0 Å². The molecule has 0 spiro atoms. The number of aromatic nitrogens is 1. The van der Waals surface area contributed by atoms with Crippen LogP contribution in [0.1, 0.15) is 11.5 Å². The number of ether oxygens (including phenoxy) is 2. The van der Waals surface area contributed by atoms with Gasteiger partial charge < -0.3 is 13.9 Å². The number of rotatable bonds is 3. The minimum Gasteiger partial charge on any atom is -0.454 e. The summed E-state index contributed by atoms with van der Waals surface area (Å²) in [4.78, 5) is 4.58. The molecule has 4 heteroatoms. The van der Waals surface area contributed by atoms with E-state index in [0.717, 1.165) is 39.3 Å². The van der Waals surface area contributed by atoms with Crippen molar-refractivity contribution in [1.29, 1.82) is 0 Å². The van der Waals surface area contributed by atoms with Crippen LogP contribution in [-0.4, -0.2) is 11.8 Å². The summed E-state index contributed by atoms with van der Waals surface area (Å²) in [6.45, 7) is 0.275. The van der Waals surface area contributed by atoms with Gasteiger partial charge in [-0.05, 0) is 47.0 Å². The van der Waals surface area contributed by atoms with Gasteiger partial charge in [-0.2, -0.15) is 0 Å². The Hall–Kier alpha value is -3.53. The predicted molar refractivity (Wildman–Crippen MR) is 101 cm³/mol. The third-order valence-electron chi connectivity index (χ3n) is 4.33. The van der Waals surface area contributed by atoms with Crippen molar-refractivity contribution in [3.63, 3.8) is 0 Å². The molecule has 2 heterocycles. The molecule has 1 aliphatic heterocycles. The number of benzene rings is 3. The molecule has 1 aliphatic rings. The van der Waals surface area contributed by atoms with Crippen molar-refractivity contribution in [3.05, 3.63) is 78.2 Å². The summed E-state index contributed by atoms with van der Waals surface area (Å²) in [7, 11) is 0. The lowest BCUT2D eigenvalue weighted by molar-refractivity contribution is 0.174. The fourth-order valence-electron chi connectivity index (χ4n) is 3.01. The van der Waals surface area contributed by atoms with E-state index in [1.54, 1.807) is 0 Å². The molecule has 3 aromatic carbocycles. The topological polar surface area (TPSA) is 44.5 Å². The zero-order valence-corrected chi connectivity index (χ0v) is 13.9. The number of hydrogen-bond donors (Lipinski definition) is 0. The first-order chi connectivity index (χ1) is 12.8. The Morgan fingerprint density at radius 1 is 0.769 bits per heavy atom. The van der Waals surface area contributed by atoms with Gasteiger partial charge in [0, 0.05) is 6.08 Å². The van der Waals surface area contributed by atoms with Gasteiger partial charge in [-0.25, -0.2) is 4.98 Å². The summed E-state index contributed by atoms with van der Waals surface area (Å²) in [6, 6.07) is 22.1. The lowest BCUT2D eigenvalue weighted by Gasteiger charge is -1.99. The quantitative estimate of drug-likeness (QED) is 0.501. The van der Waals surface area contributed by atoms with Crippen LogP contribution >= 0.6 is 0 Å². The standard InChI is InChI=1S/C22H15NO3/c1-2-4-16(5-3-1)17-8-10-19-18(13-17)23-22(26-19)11-7-15-6-9-20-21(12-15)25-14-24-20/h1-13H,14H2. The van der Waals surface area contributed by atoms with E-state index in [2.05, 4.69) is 17.1 Å². The zero-order valence-electron chi connectivity index (χ0n) is 13.9. The van der Waals surface area contributed by atoms with Crippen molar-refractivity contribution in [2.45, 2.75) is 0 Å². The van der Waals surface area contributed by atoms with Crippen LogP contribution in [0.3, 0.4) is 0 Å². The monoisotopic (exact) mass is 341 g/mol. The van der Waals surface area contributed by atoms with E-state index in [1.165, 1.54) is 0 Å². The molecule has 0 unspecified atom stereocenters. The largest absolute Gasteiger partial charge is 0.454 e. The third-order valence-corrected chi connectivity index (χ3v) is 4.33. The van der Waals surface area contributed by atoms with Gasteiger partial charge in [-0.15, -0.1) is 0 Å². The number of fused-ring (bicyclic) bond motifs is 2. The molecule has 0 fully saturated rings. The van der Waals surface area contributed by atoms with Crippen molar-refractivity contribution in [1.82, 2.24) is 4.98 Å². The summed E-state index contributed by atoms with van der Waals surface area (Å²) >= 11 is 0. The van der Waals surface area contributed by atoms with Crippen molar-refractivity contribution in [3.8, 4) is 22.6 Å². The van der Waals surface area contributed by atoms with Crippen LogP contribution in [0.4, 0.5) is 0 Å². The molecule has 0 atom stereocenters. The molecule has 1 aromatic heterocycles. The molecule has 0 radical (unpaired) electrons. The van der Waals surface area contributed by atoms with Crippen LogP contribution in [0.2, 0.25) is 0 Å². The van der Waals surface area contributed by atoms with Crippen LogP contribution in [-0.2, 0) is 0 Å². The number of hydrogen-bond acceptors (Lipinski definition) is 4. The molecule has 0 N–H and O–H groups in total. The Kier molecular flexibility index (Phi) is 3.46. The lowest BCUT2D eigenvalue weighted by Crippen LogP contribution is -1.92. The second-order valence-electron chi connectivity index (χ2n) is 6.05. The average Bonchev–Trinajstić information content (AvgIpc) is 3.32. The van der Waals surface area contributed by atoms with Gasteiger partial charge >= 0.3 is 0 Å². The second kappa shape index (κ2) is 6.08. The Labute approximate surface area is 150 Å². The van der Waals surface area contributed by atoms with Gasteiger partial charge in [-0.1, -0.05) is 42.5 Å². The third kappa shape index (κ3) is 2.71. The summed E-state index contributed by atoms with van der Waals surface area (Å²) in [5.74, 6) is 2.11. The molecule has 0 amide bonds. The van der Waals surface area contributed by atoms with E-state index in [-0.39, 0.29) is 6.79 Å². The maximum atomic E-state index is 5.82. The highest BCUT2D eigenvalue weighted by Crippen LogP contribution is 2.33. The highest BCUT2D eigenvalue weighted by atomic mass is 16.7. The summed E-state index contributed by atoms with van der Waals surface area (Å²) in [5, 5.41) is 0. The van der Waals surface area contributed by atoms with E-state index in [0.29, 0.717) is 5.89 Å². The van der Waals surface area contributed by atoms with Gasteiger partial charge in [-0.3, -0.25) is 0 Å². The Bertz CT molecular complexity index is 1110. The van der Waals surface area contributed by atoms with Gasteiger partial charge in [0.2, 0.25) is 12.7 Å². The first kappa shape index (κ1) is 14.8. The summed E-state index contributed by atoms with van der Waals surface area (Å²) < 4.78 is 16.5. The lowest BCUT2D eigenvalue weighted by atomic mass is 10.1. The van der Waals surface area contributed by atoms with Crippen LogP contribution in [0.25, 0.3) is 34.4 Å². The van der Waals surface area contributed by atoms with E-state index in [9.17, 15) is 0 Å². The van der Waals surface area contributed by atoms with Crippen molar-refractivity contribution in [2.75, 3.05) is 6.79 Å². The second-order valence-corrected chi connectivity index (χ2v) is 6.05. The predicted octanol–water partition coefficient (Wildman–Crippen LogP) is 5.39. The van der Waals surface area contributed by atoms with Crippen molar-refractivity contribution >= 4 is 23.3 Å². The van der Waals surface area contributed by atoms with Gasteiger partial charge in [0.05, 0.1) is 0 Å². The molecule has 0 saturated heterocycles. The van der Waals surface area contributed by atoms with Gasteiger partial charge in [0.15, 0.2) is 17.1 Å². The Morgan fingerprint density at radius 3 is 2.58 bits per heavy atom. The van der Waals surface area contributed by atoms with Crippen LogP contribution in [0.5, 0.6) is 11.5 Å². The number of nitrogens with zero attached hydrogens (tertiary/aromatic N) is 1. The minimum atomic E-state index is 0.275. The highest BCUT2D eigenvalue weighted by molar-refractivity contribution is 5.82. The van der Waals surface area contributed by atoms with Gasteiger partial charge in [0.25, 0.3) is 0 Å². The smallest absolute Gasteiger partial charge is 0.231 e. The normalized spacial score (nSPS) is 12.9. The first-order valence-electron chi connectivity index (χ1n) is 8.39. The molecule has 0 saturated carbocycles. The average molecular weight is 341 g/mol. The summed E-state index contributed by atoms with van der Waals surface area (Å²) in [5.41, 5.74) is 4.90. The molecule has 26 heavy (non-hydrogen) atoms. The van der Waals surface area contributed by atoms with Crippen LogP contribution in [0.15, 0.2) is 71.1 Å². The molecule has 4 nitrogen and oxygen atoms in total. The van der Waals surface area contributed by atoms with Gasteiger partial charge in [0.1, 0.15) is 5.52 Å². The summed E-state index contributed by atoms with van der Waals surface area (Å²) in [6.07, 6.45) is 3.81. The zero-order chi connectivity index (χ0) is 17.3. The molecule has 0 aliphatic carbocycles. The molecule has 4 aromatic rings. The molecule has 0 bridgehead atoms. The molecular formula is C22H15NO3.